The Morgan fingerprint density at radius 1 is 1.25 bits per heavy atom. The molecule has 0 spiro atoms. The largest absolute Gasteiger partial charge is 0.481 e. The number of methoxy groups -OCH3 is 2. The van der Waals surface area contributed by atoms with Gasteiger partial charge in [0, 0.05) is 17.7 Å². The molecule has 1 saturated carbocycles. The van der Waals surface area contributed by atoms with Crippen LogP contribution in [0.15, 0.2) is 12.1 Å². The van der Waals surface area contributed by atoms with E-state index >= 15 is 0 Å². The summed E-state index contributed by atoms with van der Waals surface area (Å²) in [6.45, 7) is 0. The van der Waals surface area contributed by atoms with Gasteiger partial charge < -0.3 is 15.2 Å². The van der Waals surface area contributed by atoms with Crippen molar-refractivity contribution in [1.29, 1.82) is 0 Å². The third-order valence-electron chi connectivity index (χ3n) is 3.06. The lowest BCUT2D eigenvalue weighted by atomic mass is 10.1. The molecule has 0 unspecified atom stereocenters. The van der Waals surface area contributed by atoms with Gasteiger partial charge in [-0.2, -0.15) is 4.98 Å². The topological polar surface area (TPSA) is 57.4 Å². The Morgan fingerprint density at radius 3 is 2.25 bits per heavy atom. The van der Waals surface area contributed by atoms with Gasteiger partial charge in [-0.15, -0.1) is 0 Å². The molecule has 4 nitrogen and oxygen atoms in total. The summed E-state index contributed by atoms with van der Waals surface area (Å²) in [4.78, 5) is 4.15. The summed E-state index contributed by atoms with van der Waals surface area (Å²) in [6.07, 6.45) is 4.26. The molecule has 0 bridgehead atoms. The predicted octanol–water partition coefficient (Wildman–Crippen LogP) is 1.52. The fourth-order valence-electron chi connectivity index (χ4n) is 1.69. The van der Waals surface area contributed by atoms with Crippen LogP contribution in [0.25, 0.3) is 0 Å². The van der Waals surface area contributed by atoms with Gasteiger partial charge in [0.2, 0.25) is 11.8 Å². The van der Waals surface area contributed by atoms with Crippen LogP contribution in [0.1, 0.15) is 24.8 Å². The van der Waals surface area contributed by atoms with E-state index in [0.717, 1.165) is 25.7 Å². The highest BCUT2D eigenvalue weighted by Crippen LogP contribution is 2.36. The Morgan fingerprint density at radius 2 is 1.81 bits per heavy atom. The molecule has 1 aromatic heterocycles. The van der Waals surface area contributed by atoms with Crippen molar-refractivity contribution < 1.29 is 9.47 Å². The third-order valence-corrected chi connectivity index (χ3v) is 3.06. The zero-order chi connectivity index (χ0) is 11.6. The smallest absolute Gasteiger partial charge is 0.216 e. The van der Waals surface area contributed by atoms with Gasteiger partial charge >= 0.3 is 0 Å². The van der Waals surface area contributed by atoms with Gasteiger partial charge in [0.15, 0.2) is 0 Å². The Balaban J connectivity index is 2.06. The predicted molar refractivity (Wildman–Crippen MR) is 61.8 cm³/mol. The number of nitrogens with two attached hydrogens (primary N) is 1. The first-order chi connectivity index (χ1) is 7.65. The Hall–Kier alpha value is -1.29. The number of pyridine rings is 1. The Bertz CT molecular complexity index is 353. The van der Waals surface area contributed by atoms with Crippen LogP contribution in [-0.4, -0.2) is 24.7 Å². The zero-order valence-electron chi connectivity index (χ0n) is 9.82. The highest BCUT2D eigenvalue weighted by Gasteiger charge is 2.37. The summed E-state index contributed by atoms with van der Waals surface area (Å²) < 4.78 is 10.2. The van der Waals surface area contributed by atoms with Crippen LogP contribution >= 0.6 is 0 Å². The first-order valence-electron chi connectivity index (χ1n) is 5.53. The van der Waals surface area contributed by atoms with E-state index in [0.29, 0.717) is 11.8 Å². The normalized spacial score (nSPS) is 16.9. The van der Waals surface area contributed by atoms with E-state index in [9.17, 15) is 0 Å². The molecule has 1 aliphatic carbocycles. The van der Waals surface area contributed by atoms with Crippen LogP contribution in [0.4, 0.5) is 0 Å². The molecular formula is C12H18N2O2. The maximum absolute atomic E-state index is 6.06. The maximum atomic E-state index is 6.06. The minimum Gasteiger partial charge on any atom is -0.481 e. The molecule has 0 radical (unpaired) electrons. The molecule has 1 aromatic rings. The molecule has 1 heterocycles. The van der Waals surface area contributed by atoms with Crippen LogP contribution in [0.2, 0.25) is 0 Å². The fourth-order valence-corrected chi connectivity index (χ4v) is 1.69. The Labute approximate surface area is 95.8 Å². The fraction of sp³-hybridized carbons (Fsp3) is 0.583. The summed E-state index contributed by atoms with van der Waals surface area (Å²) in [5.41, 5.74) is 7.31. The van der Waals surface area contributed by atoms with E-state index in [1.165, 1.54) is 5.56 Å². The van der Waals surface area contributed by atoms with Crippen molar-refractivity contribution in [3.8, 4) is 11.8 Å². The van der Waals surface area contributed by atoms with Crippen molar-refractivity contribution in [2.24, 2.45) is 5.73 Å². The maximum Gasteiger partial charge on any atom is 0.216 e. The van der Waals surface area contributed by atoms with E-state index in [1.807, 2.05) is 12.1 Å². The number of hydrogen-bond acceptors (Lipinski definition) is 4. The number of aryl methyl sites for hydroxylation is 1. The molecule has 0 aliphatic heterocycles. The molecule has 88 valence electrons. The average molecular weight is 222 g/mol. The molecule has 0 atom stereocenters. The van der Waals surface area contributed by atoms with Crippen molar-refractivity contribution in [2.45, 2.75) is 31.2 Å². The second-order valence-electron chi connectivity index (χ2n) is 4.42. The minimum absolute atomic E-state index is 0.0870. The van der Waals surface area contributed by atoms with Gasteiger partial charge in [0.1, 0.15) is 0 Å². The zero-order valence-corrected chi connectivity index (χ0v) is 9.82. The number of rotatable bonds is 5. The van der Waals surface area contributed by atoms with Crippen molar-refractivity contribution in [3.63, 3.8) is 0 Å². The van der Waals surface area contributed by atoms with Crippen LogP contribution in [-0.2, 0) is 6.42 Å². The molecule has 1 aliphatic rings. The summed E-state index contributed by atoms with van der Waals surface area (Å²) in [6, 6.07) is 3.88. The number of ether oxygens (including phenoxy) is 2. The lowest BCUT2D eigenvalue weighted by Gasteiger charge is -2.10. The molecule has 2 rings (SSSR count). The molecular weight excluding hydrogens is 204 g/mol. The van der Waals surface area contributed by atoms with Gasteiger partial charge in [-0.1, -0.05) is 0 Å². The van der Waals surface area contributed by atoms with Crippen LogP contribution < -0.4 is 15.2 Å². The lowest BCUT2D eigenvalue weighted by molar-refractivity contribution is 0.363. The van der Waals surface area contributed by atoms with Crippen molar-refractivity contribution in [1.82, 2.24) is 4.98 Å². The second kappa shape index (κ2) is 4.29. The average Bonchev–Trinajstić information content (AvgIpc) is 3.05. The Kier molecular flexibility index (Phi) is 3.01. The summed E-state index contributed by atoms with van der Waals surface area (Å²) >= 11 is 0. The van der Waals surface area contributed by atoms with Gasteiger partial charge in [-0.3, -0.25) is 0 Å². The van der Waals surface area contributed by atoms with Crippen LogP contribution in [0.3, 0.4) is 0 Å². The molecule has 0 saturated heterocycles. The summed E-state index contributed by atoms with van der Waals surface area (Å²) in [5.74, 6) is 1.19. The quantitative estimate of drug-likeness (QED) is 0.820. The molecule has 2 N–H and O–H groups in total. The molecule has 0 amide bonds. The van der Waals surface area contributed by atoms with Crippen molar-refractivity contribution in [3.05, 3.63) is 17.7 Å². The van der Waals surface area contributed by atoms with E-state index in [2.05, 4.69) is 4.98 Å². The third kappa shape index (κ3) is 2.64. The van der Waals surface area contributed by atoms with E-state index in [4.69, 9.17) is 15.2 Å². The molecule has 4 heteroatoms. The second-order valence-corrected chi connectivity index (χ2v) is 4.42. The highest BCUT2D eigenvalue weighted by molar-refractivity contribution is 5.29. The minimum atomic E-state index is 0.0870. The molecule has 0 aromatic carbocycles. The number of hydrogen-bond donors (Lipinski definition) is 1. The lowest BCUT2D eigenvalue weighted by Crippen LogP contribution is -2.22. The van der Waals surface area contributed by atoms with Gasteiger partial charge in [0.25, 0.3) is 0 Å². The molecule has 1 fully saturated rings. The first kappa shape index (κ1) is 11.2. The van der Waals surface area contributed by atoms with E-state index in [-0.39, 0.29) is 5.54 Å². The van der Waals surface area contributed by atoms with Gasteiger partial charge in [-0.25, -0.2) is 0 Å². The van der Waals surface area contributed by atoms with E-state index < -0.39 is 0 Å². The van der Waals surface area contributed by atoms with Crippen LogP contribution in [0, 0.1) is 0 Å². The monoisotopic (exact) mass is 222 g/mol. The van der Waals surface area contributed by atoms with Crippen molar-refractivity contribution >= 4 is 0 Å². The van der Waals surface area contributed by atoms with E-state index in [1.54, 1.807) is 14.2 Å². The molecule has 16 heavy (non-hydrogen) atoms. The highest BCUT2D eigenvalue weighted by atomic mass is 16.5. The van der Waals surface area contributed by atoms with Crippen molar-refractivity contribution in [2.75, 3.05) is 14.2 Å². The first-order valence-corrected chi connectivity index (χ1v) is 5.53. The van der Waals surface area contributed by atoms with Gasteiger partial charge in [-0.05, 0) is 31.2 Å². The summed E-state index contributed by atoms with van der Waals surface area (Å²) in [7, 11) is 3.22. The summed E-state index contributed by atoms with van der Waals surface area (Å²) in [5, 5.41) is 0. The number of aromatic nitrogens is 1. The van der Waals surface area contributed by atoms with Crippen LogP contribution in [0.5, 0.6) is 11.8 Å². The SMILES string of the molecule is COc1cc(CCC2(N)CC2)cc(OC)n1. The van der Waals surface area contributed by atoms with Gasteiger partial charge in [0.05, 0.1) is 14.2 Å². The standard InChI is InChI=1S/C12H18N2O2/c1-15-10-7-9(8-11(14-10)16-2)3-4-12(13)5-6-12/h7-8H,3-6,13H2,1-2H3. The number of nitrogens with zero attached hydrogens (tertiary/aromatic N) is 1.